The first-order valence-electron chi connectivity index (χ1n) is 8.91. The highest BCUT2D eigenvalue weighted by Gasteiger charge is 2.20. The first kappa shape index (κ1) is 17.6. The van der Waals surface area contributed by atoms with Gasteiger partial charge >= 0.3 is 0 Å². The van der Waals surface area contributed by atoms with Crippen molar-refractivity contribution in [1.29, 1.82) is 0 Å². The number of furan rings is 1. The van der Waals surface area contributed by atoms with E-state index in [0.717, 1.165) is 16.5 Å². The summed E-state index contributed by atoms with van der Waals surface area (Å²) < 4.78 is 5.25. The third kappa shape index (κ3) is 3.53. The summed E-state index contributed by atoms with van der Waals surface area (Å²) in [6.45, 7) is 2.22. The average Bonchev–Trinajstić information content (AvgIpc) is 3.35. The summed E-state index contributed by atoms with van der Waals surface area (Å²) in [6.07, 6.45) is 1.55. The molecular formula is C22H19N3O3. The molecule has 0 saturated carbocycles. The van der Waals surface area contributed by atoms with Gasteiger partial charge in [-0.1, -0.05) is 35.9 Å². The molecule has 2 aromatic heterocycles. The Morgan fingerprint density at radius 1 is 0.964 bits per heavy atom. The monoisotopic (exact) mass is 373 g/mol. The van der Waals surface area contributed by atoms with E-state index in [2.05, 4.69) is 15.6 Å². The summed E-state index contributed by atoms with van der Waals surface area (Å²) >= 11 is 0. The minimum atomic E-state index is -0.327. The molecule has 0 saturated heterocycles. The van der Waals surface area contributed by atoms with Gasteiger partial charge in [-0.25, -0.2) is 0 Å². The molecule has 0 spiro atoms. The molecule has 0 bridgehead atoms. The SMILES string of the molecule is Cc1ccc(C(=O)Nc2c(C(=O)NCc3ccco3)[nH]c3ccccc23)cc1. The molecular weight excluding hydrogens is 354 g/mol. The topological polar surface area (TPSA) is 87.1 Å². The Bertz CT molecular complexity index is 1130. The number of anilines is 1. The minimum absolute atomic E-state index is 0.256. The maximum atomic E-state index is 12.8. The number of rotatable bonds is 5. The van der Waals surface area contributed by atoms with Gasteiger partial charge in [0.1, 0.15) is 11.5 Å². The number of para-hydroxylation sites is 1. The Kier molecular flexibility index (Phi) is 4.68. The van der Waals surface area contributed by atoms with Gasteiger partial charge in [-0.2, -0.15) is 0 Å². The summed E-state index contributed by atoms with van der Waals surface area (Å²) in [5, 5.41) is 6.47. The Balaban J connectivity index is 1.64. The van der Waals surface area contributed by atoms with Crippen molar-refractivity contribution in [3.63, 3.8) is 0 Å². The highest BCUT2D eigenvalue weighted by Crippen LogP contribution is 2.28. The lowest BCUT2D eigenvalue weighted by molar-refractivity contribution is 0.0945. The number of carbonyl (C=O) groups excluding carboxylic acids is 2. The number of aromatic nitrogens is 1. The van der Waals surface area contributed by atoms with Gasteiger partial charge in [0, 0.05) is 16.5 Å². The molecule has 0 aliphatic rings. The van der Waals surface area contributed by atoms with Crippen LogP contribution in [0.3, 0.4) is 0 Å². The van der Waals surface area contributed by atoms with Gasteiger partial charge in [0.25, 0.3) is 11.8 Å². The number of nitrogens with one attached hydrogen (secondary N) is 3. The van der Waals surface area contributed by atoms with Crippen LogP contribution in [-0.2, 0) is 6.54 Å². The predicted octanol–water partition coefficient (Wildman–Crippen LogP) is 4.25. The van der Waals surface area contributed by atoms with E-state index >= 15 is 0 Å². The molecule has 6 nitrogen and oxygen atoms in total. The molecule has 0 fully saturated rings. The second-order valence-corrected chi connectivity index (χ2v) is 6.50. The molecule has 3 N–H and O–H groups in total. The number of benzene rings is 2. The fourth-order valence-corrected chi connectivity index (χ4v) is 3.00. The van der Waals surface area contributed by atoms with E-state index in [-0.39, 0.29) is 18.4 Å². The van der Waals surface area contributed by atoms with Crippen molar-refractivity contribution >= 4 is 28.4 Å². The molecule has 4 rings (SSSR count). The molecule has 0 aliphatic carbocycles. The number of carbonyl (C=O) groups is 2. The number of hydrogen-bond donors (Lipinski definition) is 3. The largest absolute Gasteiger partial charge is 0.467 e. The highest BCUT2D eigenvalue weighted by atomic mass is 16.3. The summed E-state index contributed by atoms with van der Waals surface area (Å²) in [5.41, 5.74) is 3.12. The van der Waals surface area contributed by atoms with Gasteiger partial charge in [0.15, 0.2) is 0 Å². The van der Waals surface area contributed by atoms with Crippen LogP contribution in [-0.4, -0.2) is 16.8 Å². The van der Waals surface area contributed by atoms with E-state index in [4.69, 9.17) is 4.42 Å². The lowest BCUT2D eigenvalue weighted by Crippen LogP contribution is -2.24. The number of fused-ring (bicyclic) bond motifs is 1. The van der Waals surface area contributed by atoms with Crippen molar-refractivity contribution in [3.05, 3.63) is 89.5 Å². The van der Waals surface area contributed by atoms with Crippen LogP contribution >= 0.6 is 0 Å². The van der Waals surface area contributed by atoms with Crippen LogP contribution in [0, 0.1) is 6.92 Å². The van der Waals surface area contributed by atoms with E-state index < -0.39 is 0 Å². The maximum Gasteiger partial charge on any atom is 0.270 e. The zero-order chi connectivity index (χ0) is 19.5. The second-order valence-electron chi connectivity index (χ2n) is 6.50. The first-order chi connectivity index (χ1) is 13.6. The van der Waals surface area contributed by atoms with Gasteiger partial charge in [-0.15, -0.1) is 0 Å². The van der Waals surface area contributed by atoms with E-state index in [9.17, 15) is 9.59 Å². The van der Waals surface area contributed by atoms with Crippen LogP contribution in [0.15, 0.2) is 71.3 Å². The molecule has 2 heterocycles. The fraction of sp³-hybridized carbons (Fsp3) is 0.0909. The van der Waals surface area contributed by atoms with E-state index in [1.165, 1.54) is 0 Å². The standard InChI is InChI=1S/C22H19N3O3/c1-14-8-10-15(11-9-14)21(26)25-19-17-6-2-3-7-18(17)24-20(19)22(27)23-13-16-5-4-12-28-16/h2-12,24H,13H2,1H3,(H,23,27)(H,25,26). The molecule has 0 unspecified atom stereocenters. The first-order valence-corrected chi connectivity index (χ1v) is 8.91. The van der Waals surface area contributed by atoms with Gasteiger partial charge in [0.05, 0.1) is 18.5 Å². The Morgan fingerprint density at radius 3 is 2.50 bits per heavy atom. The lowest BCUT2D eigenvalue weighted by atomic mass is 10.1. The number of H-pyrrole nitrogens is 1. The van der Waals surface area contributed by atoms with Crippen molar-refractivity contribution in [2.75, 3.05) is 5.32 Å². The maximum absolute atomic E-state index is 12.8. The molecule has 0 atom stereocenters. The quantitative estimate of drug-likeness (QED) is 0.489. The van der Waals surface area contributed by atoms with Crippen molar-refractivity contribution in [2.45, 2.75) is 13.5 Å². The summed E-state index contributed by atoms with van der Waals surface area (Å²) in [6, 6.07) is 18.3. The molecule has 0 radical (unpaired) electrons. The zero-order valence-electron chi connectivity index (χ0n) is 15.3. The fourth-order valence-electron chi connectivity index (χ4n) is 3.00. The van der Waals surface area contributed by atoms with Crippen LogP contribution < -0.4 is 10.6 Å². The molecule has 6 heteroatoms. The molecule has 2 amide bonds. The van der Waals surface area contributed by atoms with E-state index in [0.29, 0.717) is 22.7 Å². The van der Waals surface area contributed by atoms with Crippen LogP contribution in [0.2, 0.25) is 0 Å². The van der Waals surface area contributed by atoms with Crippen LogP contribution in [0.5, 0.6) is 0 Å². The predicted molar refractivity (Wildman–Crippen MR) is 107 cm³/mol. The van der Waals surface area contributed by atoms with Gasteiger partial charge in [-0.05, 0) is 37.3 Å². The zero-order valence-corrected chi connectivity index (χ0v) is 15.3. The number of aryl methyl sites for hydroxylation is 1. The third-order valence-corrected chi connectivity index (χ3v) is 4.49. The highest BCUT2D eigenvalue weighted by molar-refractivity contribution is 6.15. The minimum Gasteiger partial charge on any atom is -0.467 e. The second kappa shape index (κ2) is 7.44. The van der Waals surface area contributed by atoms with Crippen molar-refractivity contribution in [1.82, 2.24) is 10.3 Å². The molecule has 4 aromatic rings. The normalized spacial score (nSPS) is 10.8. The van der Waals surface area contributed by atoms with Crippen LogP contribution in [0.4, 0.5) is 5.69 Å². The van der Waals surface area contributed by atoms with E-state index in [1.54, 1.807) is 30.5 Å². The number of amides is 2. The van der Waals surface area contributed by atoms with Crippen LogP contribution in [0.1, 0.15) is 32.2 Å². The summed E-state index contributed by atoms with van der Waals surface area (Å²) in [5.74, 6) is 0.0475. The number of hydrogen-bond acceptors (Lipinski definition) is 3. The molecule has 28 heavy (non-hydrogen) atoms. The molecule has 140 valence electrons. The Morgan fingerprint density at radius 2 is 1.75 bits per heavy atom. The lowest BCUT2D eigenvalue weighted by Gasteiger charge is -2.08. The summed E-state index contributed by atoms with van der Waals surface area (Å²) in [4.78, 5) is 28.6. The average molecular weight is 373 g/mol. The smallest absolute Gasteiger partial charge is 0.270 e. The molecule has 0 aliphatic heterocycles. The van der Waals surface area contributed by atoms with Crippen molar-refractivity contribution in [2.24, 2.45) is 0 Å². The van der Waals surface area contributed by atoms with Crippen molar-refractivity contribution < 1.29 is 14.0 Å². The third-order valence-electron chi connectivity index (χ3n) is 4.49. The summed E-state index contributed by atoms with van der Waals surface area (Å²) in [7, 11) is 0. The van der Waals surface area contributed by atoms with Crippen molar-refractivity contribution in [3.8, 4) is 0 Å². The number of aromatic amines is 1. The van der Waals surface area contributed by atoms with E-state index in [1.807, 2.05) is 43.3 Å². The van der Waals surface area contributed by atoms with Gasteiger partial charge in [-0.3, -0.25) is 9.59 Å². The van der Waals surface area contributed by atoms with Crippen LogP contribution in [0.25, 0.3) is 10.9 Å². The van der Waals surface area contributed by atoms with Gasteiger partial charge in [0.2, 0.25) is 0 Å². The Hall–Kier alpha value is -3.80. The molecule has 2 aromatic carbocycles. The van der Waals surface area contributed by atoms with Gasteiger partial charge < -0.3 is 20.0 Å². The Labute approximate surface area is 161 Å².